The maximum Gasteiger partial charge on any atom is 0.490 e. The highest BCUT2D eigenvalue weighted by Gasteiger charge is 2.38. The smallest absolute Gasteiger partial charge is 0.475 e. The molecule has 0 radical (unpaired) electrons. The van der Waals surface area contributed by atoms with Crippen molar-refractivity contribution in [3.05, 3.63) is 83.9 Å². The van der Waals surface area contributed by atoms with Crippen molar-refractivity contribution in [3.8, 4) is 11.1 Å². The van der Waals surface area contributed by atoms with Gasteiger partial charge >= 0.3 is 12.1 Å². The monoisotopic (exact) mass is 536 g/mol. The van der Waals surface area contributed by atoms with Gasteiger partial charge in [-0.15, -0.1) is 0 Å². The van der Waals surface area contributed by atoms with Gasteiger partial charge in [0, 0.05) is 23.2 Å². The molecule has 3 aromatic carbocycles. The van der Waals surface area contributed by atoms with Gasteiger partial charge in [0.15, 0.2) is 0 Å². The van der Waals surface area contributed by atoms with E-state index in [0.717, 1.165) is 5.56 Å². The number of hydrogen-bond acceptors (Lipinski definition) is 5. The largest absolute Gasteiger partial charge is 0.490 e. The Kier molecular flexibility index (Phi) is 9.52. The number of amides is 1. The Labute approximate surface area is 210 Å². The molecule has 37 heavy (non-hydrogen) atoms. The highest BCUT2D eigenvalue weighted by atomic mass is 32.2. The predicted molar refractivity (Wildman–Crippen MR) is 131 cm³/mol. The number of carbonyl (C=O) groups is 2. The van der Waals surface area contributed by atoms with Crippen molar-refractivity contribution in [1.29, 1.82) is 5.41 Å². The molecule has 3 rings (SSSR count). The summed E-state index contributed by atoms with van der Waals surface area (Å²) in [5, 5.41) is 22.7. The van der Waals surface area contributed by atoms with E-state index in [9.17, 15) is 26.4 Å². The Hall–Kier alpha value is -4.23. The number of halogens is 3. The number of sulfonamides is 1. The summed E-state index contributed by atoms with van der Waals surface area (Å²) in [5.41, 5.74) is 8.83. The predicted octanol–water partition coefficient (Wildman–Crippen LogP) is 3.49. The number of carboxylic acids is 1. The molecule has 0 aromatic heterocycles. The number of carbonyl (C=O) groups excluding carboxylic acids is 1. The fourth-order valence-electron chi connectivity index (χ4n) is 3.06. The van der Waals surface area contributed by atoms with Gasteiger partial charge in [0.05, 0.1) is 4.90 Å². The van der Waals surface area contributed by atoms with Crippen LogP contribution in [0.2, 0.25) is 0 Å². The molecular formula is C24H23F3N4O5S. The molecule has 7 N–H and O–H groups in total. The molecule has 0 aliphatic carbocycles. The zero-order valence-corrected chi connectivity index (χ0v) is 19.9. The van der Waals surface area contributed by atoms with E-state index in [0.29, 0.717) is 28.8 Å². The van der Waals surface area contributed by atoms with Gasteiger partial charge in [-0.25, -0.2) is 18.4 Å². The van der Waals surface area contributed by atoms with E-state index in [-0.39, 0.29) is 23.1 Å². The molecule has 0 heterocycles. The minimum atomic E-state index is -5.08. The van der Waals surface area contributed by atoms with Crippen LogP contribution in [0.3, 0.4) is 0 Å². The SMILES string of the molecule is N=C(N)c1cccc(CCC(=O)Nc2ccc(-c3ccccc3S(N)(=O)=O)cc2)c1.O=C(O)C(F)(F)F. The number of aliphatic carboxylic acids is 1. The zero-order valence-electron chi connectivity index (χ0n) is 19.1. The summed E-state index contributed by atoms with van der Waals surface area (Å²) in [4.78, 5) is 21.2. The van der Waals surface area contributed by atoms with E-state index in [2.05, 4.69) is 5.32 Å². The van der Waals surface area contributed by atoms with Crippen LogP contribution in [0.5, 0.6) is 0 Å². The average Bonchev–Trinajstić information content (AvgIpc) is 2.83. The first-order valence-electron chi connectivity index (χ1n) is 10.4. The lowest BCUT2D eigenvalue weighted by Gasteiger charge is -2.10. The normalized spacial score (nSPS) is 11.1. The number of amidine groups is 1. The molecule has 0 aliphatic rings. The Bertz CT molecular complexity index is 1390. The molecule has 0 aliphatic heterocycles. The molecule has 13 heteroatoms. The topological polar surface area (TPSA) is 176 Å². The molecule has 1 amide bonds. The van der Waals surface area contributed by atoms with Crippen LogP contribution in [-0.2, 0) is 26.0 Å². The number of nitrogens with one attached hydrogen (secondary N) is 2. The summed E-state index contributed by atoms with van der Waals surface area (Å²) in [6.07, 6.45) is -4.29. The lowest BCUT2D eigenvalue weighted by molar-refractivity contribution is -0.192. The van der Waals surface area contributed by atoms with Crippen molar-refractivity contribution in [1.82, 2.24) is 0 Å². The van der Waals surface area contributed by atoms with E-state index in [4.69, 9.17) is 26.2 Å². The summed E-state index contributed by atoms with van der Waals surface area (Å²) in [6.45, 7) is 0. The first kappa shape index (κ1) is 29.0. The quantitative estimate of drug-likeness (QED) is 0.228. The maximum absolute atomic E-state index is 12.3. The van der Waals surface area contributed by atoms with Gasteiger partial charge in [0.25, 0.3) is 0 Å². The van der Waals surface area contributed by atoms with E-state index in [1.54, 1.807) is 54.6 Å². The number of primary sulfonamides is 1. The van der Waals surface area contributed by atoms with Crippen LogP contribution in [0.15, 0.2) is 77.7 Å². The summed E-state index contributed by atoms with van der Waals surface area (Å²) < 4.78 is 55.3. The van der Waals surface area contributed by atoms with Crippen molar-refractivity contribution in [2.45, 2.75) is 23.9 Å². The molecule has 9 nitrogen and oxygen atoms in total. The van der Waals surface area contributed by atoms with E-state index >= 15 is 0 Å². The first-order chi connectivity index (χ1) is 17.2. The van der Waals surface area contributed by atoms with Crippen molar-refractivity contribution in [3.63, 3.8) is 0 Å². The van der Waals surface area contributed by atoms with Crippen LogP contribution in [0, 0.1) is 5.41 Å². The number of carboxylic acid groups (broad SMARTS) is 1. The summed E-state index contributed by atoms with van der Waals surface area (Å²) >= 11 is 0. The Morgan fingerprint density at radius 1 is 0.973 bits per heavy atom. The average molecular weight is 537 g/mol. The lowest BCUT2D eigenvalue weighted by Crippen LogP contribution is -2.21. The summed E-state index contributed by atoms with van der Waals surface area (Å²) in [6, 6.07) is 20.6. The van der Waals surface area contributed by atoms with E-state index < -0.39 is 22.2 Å². The first-order valence-corrected chi connectivity index (χ1v) is 12.0. The third kappa shape index (κ3) is 9.05. The summed E-state index contributed by atoms with van der Waals surface area (Å²) in [5.74, 6) is -2.92. The van der Waals surface area contributed by atoms with Crippen LogP contribution < -0.4 is 16.2 Å². The number of alkyl halides is 3. The zero-order chi connectivity index (χ0) is 27.8. The van der Waals surface area contributed by atoms with Gasteiger partial charge in [-0.05, 0) is 41.8 Å². The Balaban J connectivity index is 0.000000604. The Morgan fingerprint density at radius 2 is 1.57 bits per heavy atom. The van der Waals surface area contributed by atoms with Crippen LogP contribution in [0.25, 0.3) is 11.1 Å². The molecule has 0 bridgehead atoms. The second kappa shape index (κ2) is 12.1. The van der Waals surface area contributed by atoms with E-state index in [1.807, 2.05) is 12.1 Å². The number of anilines is 1. The number of nitrogen functional groups attached to an aromatic ring is 1. The number of benzene rings is 3. The molecule has 0 fully saturated rings. The van der Waals surface area contributed by atoms with Crippen LogP contribution in [0.4, 0.5) is 18.9 Å². The van der Waals surface area contributed by atoms with Gasteiger partial charge in [0.1, 0.15) is 5.84 Å². The van der Waals surface area contributed by atoms with Gasteiger partial charge < -0.3 is 16.2 Å². The molecule has 0 spiro atoms. The summed E-state index contributed by atoms with van der Waals surface area (Å²) in [7, 11) is -3.84. The van der Waals surface area contributed by atoms with Crippen molar-refractivity contribution >= 4 is 33.4 Å². The fourth-order valence-corrected chi connectivity index (χ4v) is 3.82. The van der Waals surface area contributed by atoms with Gasteiger partial charge in [-0.2, -0.15) is 13.2 Å². The highest BCUT2D eigenvalue weighted by molar-refractivity contribution is 7.89. The fraction of sp³-hybridized carbons (Fsp3) is 0.125. The Morgan fingerprint density at radius 3 is 2.11 bits per heavy atom. The second-order valence-corrected chi connectivity index (χ2v) is 9.11. The molecular weight excluding hydrogens is 513 g/mol. The number of hydrogen-bond donors (Lipinski definition) is 5. The van der Waals surface area contributed by atoms with Crippen molar-refractivity contribution < 1.29 is 36.3 Å². The third-order valence-corrected chi connectivity index (χ3v) is 5.76. The number of aryl methyl sites for hydroxylation is 1. The van der Waals surface area contributed by atoms with Gasteiger partial charge in [0.2, 0.25) is 15.9 Å². The molecule has 196 valence electrons. The standard InChI is InChI=1S/C22H22N4O3S.C2HF3O2/c23-22(24)17-5-3-4-15(14-17)8-13-21(27)26-18-11-9-16(10-12-18)19-6-1-2-7-20(19)30(25,28)29;3-2(4,5)1(6)7/h1-7,9-12,14H,8,13H2,(H3,23,24)(H,26,27)(H2,25,28,29);(H,6,7). The highest BCUT2D eigenvalue weighted by Crippen LogP contribution is 2.27. The molecule has 0 saturated heterocycles. The van der Waals surface area contributed by atoms with Crippen LogP contribution in [-0.4, -0.2) is 37.4 Å². The molecule has 0 atom stereocenters. The molecule has 3 aromatic rings. The molecule has 0 saturated carbocycles. The minimum Gasteiger partial charge on any atom is -0.475 e. The third-order valence-electron chi connectivity index (χ3n) is 4.79. The minimum absolute atomic E-state index is 0.00889. The second-order valence-electron chi connectivity index (χ2n) is 7.58. The van der Waals surface area contributed by atoms with Gasteiger partial charge in [-0.1, -0.05) is 48.5 Å². The van der Waals surface area contributed by atoms with Crippen molar-refractivity contribution in [2.24, 2.45) is 10.9 Å². The lowest BCUT2D eigenvalue weighted by atomic mass is 10.0. The van der Waals surface area contributed by atoms with Crippen LogP contribution >= 0.6 is 0 Å². The van der Waals surface area contributed by atoms with Gasteiger partial charge in [-0.3, -0.25) is 10.2 Å². The van der Waals surface area contributed by atoms with Crippen molar-refractivity contribution in [2.75, 3.05) is 5.32 Å². The van der Waals surface area contributed by atoms with Crippen LogP contribution in [0.1, 0.15) is 17.5 Å². The number of rotatable bonds is 7. The number of nitrogens with two attached hydrogens (primary N) is 2. The molecule has 0 unspecified atom stereocenters. The maximum atomic E-state index is 12.3. The van der Waals surface area contributed by atoms with E-state index in [1.165, 1.54) is 6.07 Å².